The number of nitrogens with zero attached hydrogens (tertiary/aromatic N) is 2. The van der Waals surface area contributed by atoms with E-state index in [1.54, 1.807) is 0 Å². The predicted octanol–water partition coefficient (Wildman–Crippen LogP) is 12.9. The highest BCUT2D eigenvalue weighted by atomic mass is 14.9. The molecule has 0 saturated heterocycles. The van der Waals surface area contributed by atoms with E-state index >= 15 is 0 Å². The van der Waals surface area contributed by atoms with E-state index < -0.39 is 0 Å². The third-order valence-corrected chi connectivity index (χ3v) is 10.8. The molecule has 0 N–H and O–H groups in total. The molecule has 1 aliphatic carbocycles. The predicted molar refractivity (Wildman–Crippen MR) is 214 cm³/mol. The lowest BCUT2D eigenvalue weighted by Crippen LogP contribution is -2.14. The molecular formula is C49H34N2. The Kier molecular flexibility index (Phi) is 6.56. The number of hydrogen-bond donors (Lipinski definition) is 0. The molecule has 1 aliphatic rings. The van der Waals surface area contributed by atoms with Gasteiger partial charge in [-0.15, -0.1) is 0 Å². The molecular weight excluding hydrogens is 617 g/mol. The maximum absolute atomic E-state index is 5.24. The van der Waals surface area contributed by atoms with Gasteiger partial charge >= 0.3 is 0 Å². The second kappa shape index (κ2) is 11.3. The van der Waals surface area contributed by atoms with Gasteiger partial charge < -0.3 is 0 Å². The zero-order chi connectivity index (χ0) is 34.1. The average molecular weight is 651 g/mol. The fourth-order valence-electron chi connectivity index (χ4n) is 8.27. The maximum Gasteiger partial charge on any atom is 0.160 e. The van der Waals surface area contributed by atoms with Crippen LogP contribution in [0.2, 0.25) is 0 Å². The third-order valence-electron chi connectivity index (χ3n) is 10.8. The van der Waals surface area contributed by atoms with E-state index in [0.717, 1.165) is 28.1 Å². The van der Waals surface area contributed by atoms with Gasteiger partial charge in [0.1, 0.15) is 0 Å². The quantitative estimate of drug-likeness (QED) is 0.177. The number of aromatic nitrogens is 2. The van der Waals surface area contributed by atoms with Gasteiger partial charge in [0.15, 0.2) is 5.82 Å². The molecule has 0 fully saturated rings. The van der Waals surface area contributed by atoms with Crippen molar-refractivity contribution in [2.75, 3.05) is 0 Å². The first kappa shape index (κ1) is 29.5. The second-order valence-electron chi connectivity index (χ2n) is 14.2. The number of hydrogen-bond acceptors (Lipinski definition) is 2. The van der Waals surface area contributed by atoms with Gasteiger partial charge in [-0.2, -0.15) is 0 Å². The summed E-state index contributed by atoms with van der Waals surface area (Å²) in [6.45, 7) is 4.72. The minimum Gasteiger partial charge on any atom is -0.228 e. The Labute approximate surface area is 297 Å². The minimum atomic E-state index is -0.100. The molecule has 240 valence electrons. The van der Waals surface area contributed by atoms with Gasteiger partial charge in [-0.3, -0.25) is 0 Å². The van der Waals surface area contributed by atoms with Gasteiger partial charge in [0.05, 0.1) is 11.4 Å². The van der Waals surface area contributed by atoms with E-state index in [1.165, 1.54) is 65.7 Å². The summed E-state index contributed by atoms with van der Waals surface area (Å²) in [7, 11) is 0. The lowest BCUT2D eigenvalue weighted by molar-refractivity contribution is 0.661. The van der Waals surface area contributed by atoms with Gasteiger partial charge in [0.2, 0.25) is 0 Å². The molecule has 2 nitrogen and oxygen atoms in total. The fraction of sp³-hybridized carbons (Fsp3) is 0.0612. The van der Waals surface area contributed by atoms with Crippen molar-refractivity contribution >= 4 is 32.3 Å². The second-order valence-corrected chi connectivity index (χ2v) is 14.2. The summed E-state index contributed by atoms with van der Waals surface area (Å²) in [6.07, 6.45) is 0. The molecule has 8 aromatic carbocycles. The van der Waals surface area contributed by atoms with Crippen molar-refractivity contribution < 1.29 is 0 Å². The molecule has 0 saturated carbocycles. The SMILES string of the molecule is CC1(C)c2cc3ccccc3cc2-c2c(-c3cccc(-c4cc(-c5cc6ccccc6c6ccccc56)nc(-c5ccccc5)n4)c3)cccc21. The van der Waals surface area contributed by atoms with Gasteiger partial charge in [-0.1, -0.05) is 153 Å². The highest BCUT2D eigenvalue weighted by Gasteiger charge is 2.37. The summed E-state index contributed by atoms with van der Waals surface area (Å²) < 4.78 is 0. The Hall–Kier alpha value is -6.38. The smallest absolute Gasteiger partial charge is 0.160 e. The van der Waals surface area contributed by atoms with Crippen molar-refractivity contribution in [3.8, 4) is 56.2 Å². The summed E-state index contributed by atoms with van der Waals surface area (Å²) in [5.41, 5.74) is 12.7. The van der Waals surface area contributed by atoms with E-state index in [2.05, 4.69) is 178 Å². The Morgan fingerprint density at radius 1 is 0.373 bits per heavy atom. The number of benzene rings is 8. The van der Waals surface area contributed by atoms with E-state index in [4.69, 9.17) is 9.97 Å². The molecule has 0 atom stereocenters. The Morgan fingerprint density at radius 3 is 1.80 bits per heavy atom. The molecule has 10 rings (SSSR count). The third kappa shape index (κ3) is 4.71. The van der Waals surface area contributed by atoms with Crippen LogP contribution in [0.3, 0.4) is 0 Å². The van der Waals surface area contributed by atoms with Crippen LogP contribution in [0.1, 0.15) is 25.0 Å². The van der Waals surface area contributed by atoms with Crippen LogP contribution in [-0.4, -0.2) is 9.97 Å². The largest absolute Gasteiger partial charge is 0.228 e. The minimum absolute atomic E-state index is 0.100. The molecule has 0 radical (unpaired) electrons. The van der Waals surface area contributed by atoms with Crippen LogP contribution in [0.5, 0.6) is 0 Å². The van der Waals surface area contributed by atoms with Crippen LogP contribution in [0, 0.1) is 0 Å². The zero-order valence-electron chi connectivity index (χ0n) is 28.6. The zero-order valence-corrected chi connectivity index (χ0v) is 28.6. The van der Waals surface area contributed by atoms with Crippen LogP contribution in [0.15, 0.2) is 170 Å². The first-order valence-corrected chi connectivity index (χ1v) is 17.7. The molecule has 0 bridgehead atoms. The Morgan fingerprint density at radius 2 is 0.980 bits per heavy atom. The van der Waals surface area contributed by atoms with Crippen molar-refractivity contribution in [1.82, 2.24) is 9.97 Å². The van der Waals surface area contributed by atoms with E-state index in [1.807, 2.05) is 6.07 Å². The van der Waals surface area contributed by atoms with Crippen molar-refractivity contribution in [3.05, 3.63) is 181 Å². The summed E-state index contributed by atoms with van der Waals surface area (Å²) in [5, 5.41) is 7.41. The summed E-state index contributed by atoms with van der Waals surface area (Å²) in [6, 6.07) is 61.2. The summed E-state index contributed by atoms with van der Waals surface area (Å²) in [4.78, 5) is 10.5. The first-order chi connectivity index (χ1) is 25.0. The lowest BCUT2D eigenvalue weighted by Gasteiger charge is -2.22. The van der Waals surface area contributed by atoms with Crippen molar-refractivity contribution in [1.29, 1.82) is 0 Å². The molecule has 2 heteroatoms. The van der Waals surface area contributed by atoms with Crippen molar-refractivity contribution in [3.63, 3.8) is 0 Å². The van der Waals surface area contributed by atoms with Crippen LogP contribution >= 0.6 is 0 Å². The average Bonchev–Trinajstić information content (AvgIpc) is 3.42. The standard InChI is InChI=1S/C49H34N2/c1-49(2)43-25-13-24-38(47(43)42-27-32-16-6-7-17-33(32)29-44(42)49)34-19-12-20-36(26-34)45-30-46(51-48(50-45)31-14-4-3-5-15-31)41-28-35-18-8-9-21-37(35)39-22-10-11-23-40(39)41/h3-30H,1-2H3. The summed E-state index contributed by atoms with van der Waals surface area (Å²) in [5.74, 6) is 0.717. The molecule has 0 spiro atoms. The molecule has 0 amide bonds. The van der Waals surface area contributed by atoms with Gasteiger partial charge in [0.25, 0.3) is 0 Å². The maximum atomic E-state index is 5.24. The topological polar surface area (TPSA) is 25.8 Å². The normalized spacial score (nSPS) is 13.1. The van der Waals surface area contributed by atoms with E-state index in [9.17, 15) is 0 Å². The molecule has 0 unspecified atom stereocenters. The number of rotatable bonds is 4. The van der Waals surface area contributed by atoms with Crippen molar-refractivity contribution in [2.45, 2.75) is 19.3 Å². The van der Waals surface area contributed by atoms with E-state index in [0.29, 0.717) is 5.82 Å². The van der Waals surface area contributed by atoms with Crippen LogP contribution < -0.4 is 0 Å². The molecule has 9 aromatic rings. The van der Waals surface area contributed by atoms with Gasteiger partial charge in [-0.05, 0) is 96.0 Å². The van der Waals surface area contributed by atoms with E-state index in [-0.39, 0.29) is 5.41 Å². The Balaban J connectivity index is 1.18. The van der Waals surface area contributed by atoms with Crippen LogP contribution in [-0.2, 0) is 5.41 Å². The van der Waals surface area contributed by atoms with Gasteiger partial charge in [0, 0.05) is 22.1 Å². The fourth-order valence-corrected chi connectivity index (χ4v) is 8.27. The number of fused-ring (bicyclic) bond motifs is 7. The van der Waals surface area contributed by atoms with Gasteiger partial charge in [-0.25, -0.2) is 9.97 Å². The van der Waals surface area contributed by atoms with Crippen LogP contribution in [0.25, 0.3) is 88.5 Å². The molecule has 1 aromatic heterocycles. The van der Waals surface area contributed by atoms with Crippen LogP contribution in [0.4, 0.5) is 0 Å². The highest BCUT2D eigenvalue weighted by Crippen LogP contribution is 2.53. The van der Waals surface area contributed by atoms with Crippen molar-refractivity contribution in [2.24, 2.45) is 0 Å². The first-order valence-electron chi connectivity index (χ1n) is 17.7. The molecule has 1 heterocycles. The summed E-state index contributed by atoms with van der Waals surface area (Å²) >= 11 is 0. The molecule has 51 heavy (non-hydrogen) atoms. The lowest BCUT2D eigenvalue weighted by atomic mass is 9.81. The Bertz CT molecular complexity index is 2830. The highest BCUT2D eigenvalue weighted by molar-refractivity contribution is 6.13. The monoisotopic (exact) mass is 650 g/mol. The molecule has 0 aliphatic heterocycles.